The van der Waals surface area contributed by atoms with Gasteiger partial charge in [-0.1, -0.05) is 79.3 Å². The quantitative estimate of drug-likeness (QED) is 0.142. The lowest BCUT2D eigenvalue weighted by atomic mass is 9.88. The van der Waals surface area contributed by atoms with Gasteiger partial charge in [-0.15, -0.1) is 0 Å². The van der Waals surface area contributed by atoms with Crippen LogP contribution in [0.1, 0.15) is 37.3 Å². The van der Waals surface area contributed by atoms with Crippen LogP contribution in [-0.4, -0.2) is 57.7 Å². The van der Waals surface area contributed by atoms with Crippen LogP contribution in [0.3, 0.4) is 0 Å². The van der Waals surface area contributed by atoms with Gasteiger partial charge in [0, 0.05) is 32.0 Å². The number of ether oxygens (including phenoxy) is 1. The van der Waals surface area contributed by atoms with E-state index in [1.54, 1.807) is 18.0 Å². The monoisotopic (exact) mass is 518 g/mol. The van der Waals surface area contributed by atoms with E-state index < -0.39 is 0 Å². The Hall–Kier alpha value is -3.43. The van der Waals surface area contributed by atoms with E-state index in [0.29, 0.717) is 44.4 Å². The number of amides is 1. The van der Waals surface area contributed by atoms with Crippen LogP contribution in [0.5, 0.6) is 0 Å². The first-order valence-corrected chi connectivity index (χ1v) is 13.7. The molecule has 0 saturated heterocycles. The van der Waals surface area contributed by atoms with Gasteiger partial charge in [0.25, 0.3) is 0 Å². The van der Waals surface area contributed by atoms with Gasteiger partial charge in [0.1, 0.15) is 5.82 Å². The van der Waals surface area contributed by atoms with E-state index >= 15 is 0 Å². The van der Waals surface area contributed by atoms with Crippen LogP contribution in [0.15, 0.2) is 72.0 Å². The first-order chi connectivity index (χ1) is 18.2. The van der Waals surface area contributed by atoms with Crippen molar-refractivity contribution >= 4 is 34.5 Å². The molecule has 37 heavy (non-hydrogen) atoms. The lowest BCUT2D eigenvalue weighted by Crippen LogP contribution is -2.29. The molecule has 2 aromatic carbocycles. The molecule has 4 rings (SSSR count). The van der Waals surface area contributed by atoms with E-state index in [4.69, 9.17) is 9.72 Å². The first kappa shape index (κ1) is 26.6. The standard InChI is InChI=1S/C28H34N6O2S/c1-3-36-18-16-30-26-24-20-31-34(27(24)33-28(32-26)37-4-2)17-15-29-25(35)19-23(21-11-7-5-8-12-21)22-13-9-6-10-14-22/h5-14,20,23H,3-4,15-19H2,1-2H3,(H,29,35)(H,30,32,33). The summed E-state index contributed by atoms with van der Waals surface area (Å²) >= 11 is 1.59. The van der Waals surface area contributed by atoms with Crippen molar-refractivity contribution in [1.82, 2.24) is 25.1 Å². The van der Waals surface area contributed by atoms with Crippen LogP contribution in [0, 0.1) is 0 Å². The van der Waals surface area contributed by atoms with Gasteiger partial charge < -0.3 is 15.4 Å². The summed E-state index contributed by atoms with van der Waals surface area (Å²) in [4.78, 5) is 22.4. The molecule has 9 heteroatoms. The third kappa shape index (κ3) is 7.30. The third-order valence-electron chi connectivity index (χ3n) is 5.93. The van der Waals surface area contributed by atoms with Gasteiger partial charge in [0.05, 0.1) is 24.7 Å². The number of anilines is 1. The van der Waals surface area contributed by atoms with Gasteiger partial charge in [-0.25, -0.2) is 14.6 Å². The molecule has 0 spiro atoms. The lowest BCUT2D eigenvalue weighted by molar-refractivity contribution is -0.121. The van der Waals surface area contributed by atoms with Crippen molar-refractivity contribution in [1.29, 1.82) is 0 Å². The van der Waals surface area contributed by atoms with Crippen LogP contribution in [0.2, 0.25) is 0 Å². The highest BCUT2D eigenvalue weighted by molar-refractivity contribution is 7.99. The summed E-state index contributed by atoms with van der Waals surface area (Å²) in [5.74, 6) is 1.63. The topological polar surface area (TPSA) is 94.0 Å². The molecular formula is C28H34N6O2S. The van der Waals surface area contributed by atoms with Gasteiger partial charge in [-0.3, -0.25) is 4.79 Å². The Morgan fingerprint density at radius 3 is 2.35 bits per heavy atom. The molecule has 2 N–H and O–H groups in total. The molecule has 0 unspecified atom stereocenters. The maximum absolute atomic E-state index is 13.0. The van der Waals surface area contributed by atoms with Crippen LogP contribution in [-0.2, 0) is 16.1 Å². The maximum atomic E-state index is 13.0. The zero-order valence-corrected chi connectivity index (χ0v) is 22.2. The molecular weight excluding hydrogens is 484 g/mol. The summed E-state index contributed by atoms with van der Waals surface area (Å²) in [5.41, 5.74) is 3.01. The molecule has 0 atom stereocenters. The van der Waals surface area contributed by atoms with Crippen molar-refractivity contribution in [2.75, 3.05) is 37.4 Å². The molecule has 0 aliphatic carbocycles. The number of fused-ring (bicyclic) bond motifs is 1. The number of rotatable bonds is 14. The van der Waals surface area contributed by atoms with E-state index in [9.17, 15) is 4.79 Å². The third-order valence-corrected chi connectivity index (χ3v) is 6.66. The number of nitrogens with one attached hydrogen (secondary N) is 2. The van der Waals surface area contributed by atoms with Crippen LogP contribution in [0.4, 0.5) is 5.82 Å². The van der Waals surface area contributed by atoms with E-state index in [0.717, 1.165) is 33.7 Å². The number of benzene rings is 2. The minimum absolute atomic E-state index is 0.000350. The van der Waals surface area contributed by atoms with Gasteiger partial charge >= 0.3 is 0 Å². The molecule has 2 heterocycles. The minimum atomic E-state index is -0.000350. The number of hydrogen-bond donors (Lipinski definition) is 2. The second-order valence-corrected chi connectivity index (χ2v) is 9.68. The van der Waals surface area contributed by atoms with Crippen LogP contribution < -0.4 is 10.6 Å². The van der Waals surface area contributed by atoms with Gasteiger partial charge in [-0.05, 0) is 23.8 Å². The molecule has 1 amide bonds. The molecule has 8 nitrogen and oxygen atoms in total. The van der Waals surface area contributed by atoms with E-state index in [1.165, 1.54) is 0 Å². The van der Waals surface area contributed by atoms with Gasteiger partial charge in [-0.2, -0.15) is 5.10 Å². The number of thioether (sulfide) groups is 1. The number of aromatic nitrogens is 4. The van der Waals surface area contributed by atoms with Gasteiger partial charge in [0.2, 0.25) is 5.91 Å². The Kier molecular flexibility index (Phi) is 9.90. The van der Waals surface area contributed by atoms with E-state index in [2.05, 4.69) is 51.9 Å². The smallest absolute Gasteiger partial charge is 0.221 e. The molecule has 0 saturated carbocycles. The Morgan fingerprint density at radius 2 is 1.70 bits per heavy atom. The number of hydrogen-bond acceptors (Lipinski definition) is 7. The second-order valence-electron chi connectivity index (χ2n) is 8.44. The number of nitrogens with zero attached hydrogens (tertiary/aromatic N) is 4. The average Bonchev–Trinajstić information content (AvgIpc) is 3.34. The van der Waals surface area contributed by atoms with Crippen molar-refractivity contribution in [2.24, 2.45) is 0 Å². The van der Waals surface area contributed by atoms with Crippen LogP contribution >= 0.6 is 11.8 Å². The molecule has 2 aromatic heterocycles. The lowest BCUT2D eigenvalue weighted by Gasteiger charge is -2.18. The summed E-state index contributed by atoms with van der Waals surface area (Å²) in [6.07, 6.45) is 2.16. The Morgan fingerprint density at radius 1 is 1.00 bits per heavy atom. The maximum Gasteiger partial charge on any atom is 0.221 e. The van der Waals surface area contributed by atoms with Crippen molar-refractivity contribution in [3.05, 3.63) is 78.0 Å². The van der Waals surface area contributed by atoms with Crippen molar-refractivity contribution < 1.29 is 9.53 Å². The Balaban J connectivity index is 1.42. The van der Waals surface area contributed by atoms with Crippen LogP contribution in [0.25, 0.3) is 11.0 Å². The van der Waals surface area contributed by atoms with E-state index in [1.807, 2.05) is 48.0 Å². The zero-order chi connectivity index (χ0) is 25.9. The zero-order valence-electron chi connectivity index (χ0n) is 21.4. The SMILES string of the molecule is CCOCCNc1nc(SCC)nc2c1cnn2CCNC(=O)CC(c1ccccc1)c1ccccc1. The highest BCUT2D eigenvalue weighted by atomic mass is 32.2. The fourth-order valence-corrected chi connectivity index (χ4v) is 4.74. The van der Waals surface area contributed by atoms with Crippen molar-refractivity contribution in [3.8, 4) is 0 Å². The fraction of sp³-hybridized carbons (Fsp3) is 0.357. The first-order valence-electron chi connectivity index (χ1n) is 12.7. The summed E-state index contributed by atoms with van der Waals surface area (Å²) < 4.78 is 7.27. The Bertz CT molecular complexity index is 1230. The molecule has 0 fully saturated rings. The predicted octanol–water partition coefficient (Wildman–Crippen LogP) is 4.73. The molecule has 0 aliphatic rings. The molecule has 194 valence electrons. The second kappa shape index (κ2) is 13.8. The summed E-state index contributed by atoms with van der Waals surface area (Å²) in [6, 6.07) is 20.3. The molecule has 4 aromatic rings. The number of carbonyl (C=O) groups is 1. The molecule has 0 aliphatic heterocycles. The highest BCUT2D eigenvalue weighted by Crippen LogP contribution is 2.28. The Labute approximate surface area is 222 Å². The summed E-state index contributed by atoms with van der Waals surface area (Å²) in [5, 5.41) is 12.5. The van der Waals surface area contributed by atoms with Crippen molar-refractivity contribution in [2.45, 2.75) is 37.9 Å². The fourth-order valence-electron chi connectivity index (χ4n) is 4.17. The average molecular weight is 519 g/mol. The van der Waals surface area contributed by atoms with E-state index in [-0.39, 0.29) is 11.8 Å². The molecule has 0 bridgehead atoms. The van der Waals surface area contributed by atoms with Gasteiger partial charge in [0.15, 0.2) is 10.8 Å². The normalized spacial score (nSPS) is 11.2. The highest BCUT2D eigenvalue weighted by Gasteiger charge is 2.18. The molecule has 0 radical (unpaired) electrons. The van der Waals surface area contributed by atoms with Crippen molar-refractivity contribution in [3.63, 3.8) is 0 Å². The largest absolute Gasteiger partial charge is 0.380 e. The minimum Gasteiger partial charge on any atom is -0.380 e. The summed E-state index contributed by atoms with van der Waals surface area (Å²) in [6.45, 7) is 6.96. The predicted molar refractivity (Wildman–Crippen MR) is 149 cm³/mol. The summed E-state index contributed by atoms with van der Waals surface area (Å²) in [7, 11) is 0. The number of carbonyl (C=O) groups excluding carboxylic acids is 1.